The highest BCUT2D eigenvalue weighted by molar-refractivity contribution is 5.39. The summed E-state index contributed by atoms with van der Waals surface area (Å²) in [6.45, 7) is 10.0. The molecule has 78 valence electrons. The van der Waals surface area contributed by atoms with Gasteiger partial charge in [0.15, 0.2) is 0 Å². The van der Waals surface area contributed by atoms with E-state index in [1.165, 1.54) is 5.69 Å². The maximum Gasteiger partial charge on any atom is 0.136 e. The van der Waals surface area contributed by atoms with Gasteiger partial charge >= 0.3 is 0 Å². The van der Waals surface area contributed by atoms with Gasteiger partial charge in [-0.15, -0.1) is 0 Å². The minimum atomic E-state index is 1.01. The lowest BCUT2D eigenvalue weighted by molar-refractivity contribution is 1.11. The SMILES string of the molecule is CC.CC.Cc1cnc2ccccn12. The van der Waals surface area contributed by atoms with Crippen LogP contribution in [0.2, 0.25) is 0 Å². The largest absolute Gasteiger partial charge is 0.304 e. The number of hydrogen-bond donors (Lipinski definition) is 0. The molecule has 2 heteroatoms. The van der Waals surface area contributed by atoms with Gasteiger partial charge in [-0.3, -0.25) is 0 Å². The van der Waals surface area contributed by atoms with Gasteiger partial charge in [-0.2, -0.15) is 0 Å². The molecule has 0 fully saturated rings. The van der Waals surface area contributed by atoms with Crippen LogP contribution in [0.5, 0.6) is 0 Å². The lowest BCUT2D eigenvalue weighted by Gasteiger charge is -1.91. The summed E-state index contributed by atoms with van der Waals surface area (Å²) in [5, 5.41) is 0. The zero-order valence-electron chi connectivity index (χ0n) is 9.78. The van der Waals surface area contributed by atoms with E-state index >= 15 is 0 Å². The predicted octanol–water partition coefficient (Wildman–Crippen LogP) is 3.70. The number of nitrogens with zero attached hydrogens (tertiary/aromatic N) is 2. The smallest absolute Gasteiger partial charge is 0.136 e. The van der Waals surface area contributed by atoms with E-state index in [-0.39, 0.29) is 0 Å². The van der Waals surface area contributed by atoms with Crippen LogP contribution in [0.3, 0.4) is 0 Å². The van der Waals surface area contributed by atoms with Gasteiger partial charge in [-0.1, -0.05) is 33.8 Å². The van der Waals surface area contributed by atoms with Gasteiger partial charge in [-0.25, -0.2) is 4.98 Å². The Balaban J connectivity index is 0.000000379. The van der Waals surface area contributed by atoms with Gasteiger partial charge in [0.25, 0.3) is 0 Å². The Morgan fingerprint density at radius 2 is 1.71 bits per heavy atom. The molecule has 0 aromatic carbocycles. The van der Waals surface area contributed by atoms with Crippen LogP contribution >= 0.6 is 0 Å². The molecule has 0 bridgehead atoms. The van der Waals surface area contributed by atoms with Crippen molar-refractivity contribution >= 4 is 5.65 Å². The van der Waals surface area contributed by atoms with Crippen molar-refractivity contribution in [3.05, 3.63) is 36.3 Å². The number of aryl methyl sites for hydroxylation is 1. The number of pyridine rings is 1. The Labute approximate surface area is 86.6 Å². The molecule has 14 heavy (non-hydrogen) atoms. The van der Waals surface area contributed by atoms with E-state index in [1.807, 2.05) is 65.2 Å². The van der Waals surface area contributed by atoms with Gasteiger partial charge in [0.05, 0.1) is 0 Å². The summed E-state index contributed by atoms with van der Waals surface area (Å²) in [5.74, 6) is 0. The molecule has 2 rings (SSSR count). The van der Waals surface area contributed by atoms with E-state index in [1.54, 1.807) is 0 Å². The zero-order chi connectivity index (χ0) is 11.0. The zero-order valence-corrected chi connectivity index (χ0v) is 9.78. The first-order valence-corrected chi connectivity index (χ1v) is 5.26. The fourth-order valence-electron chi connectivity index (χ4n) is 1.06. The van der Waals surface area contributed by atoms with Gasteiger partial charge < -0.3 is 4.40 Å². The van der Waals surface area contributed by atoms with Gasteiger partial charge in [0.2, 0.25) is 0 Å². The van der Waals surface area contributed by atoms with Crippen molar-refractivity contribution in [1.29, 1.82) is 0 Å². The van der Waals surface area contributed by atoms with Gasteiger partial charge in [0, 0.05) is 18.1 Å². The third kappa shape index (κ3) is 2.87. The molecule has 0 saturated heterocycles. The van der Waals surface area contributed by atoms with Crippen LogP contribution in [0.15, 0.2) is 30.6 Å². The Bertz CT molecular complexity index is 350. The molecule has 0 spiro atoms. The van der Waals surface area contributed by atoms with Crippen molar-refractivity contribution in [1.82, 2.24) is 9.38 Å². The maximum atomic E-state index is 4.18. The van der Waals surface area contributed by atoms with Crippen LogP contribution in [-0.4, -0.2) is 9.38 Å². The highest BCUT2D eigenvalue weighted by atomic mass is 15.0. The maximum absolute atomic E-state index is 4.18. The molecule has 0 radical (unpaired) electrons. The van der Waals surface area contributed by atoms with E-state index in [0.717, 1.165) is 5.65 Å². The third-order valence-corrected chi connectivity index (χ3v) is 1.60. The number of fused-ring (bicyclic) bond motifs is 1. The average molecular weight is 192 g/mol. The molecule has 0 aliphatic heterocycles. The Kier molecular flexibility index (Phi) is 6.46. The summed E-state index contributed by atoms with van der Waals surface area (Å²) >= 11 is 0. The van der Waals surface area contributed by atoms with Crippen molar-refractivity contribution in [3.63, 3.8) is 0 Å². The normalized spacial score (nSPS) is 8.36. The molecule has 0 atom stereocenters. The van der Waals surface area contributed by atoms with Crippen LogP contribution in [0, 0.1) is 6.92 Å². The lowest BCUT2D eigenvalue weighted by Crippen LogP contribution is -1.83. The fourth-order valence-corrected chi connectivity index (χ4v) is 1.06. The number of aromatic nitrogens is 2. The van der Waals surface area contributed by atoms with Gasteiger partial charge in [0.1, 0.15) is 5.65 Å². The summed E-state index contributed by atoms with van der Waals surface area (Å²) < 4.78 is 2.06. The van der Waals surface area contributed by atoms with Crippen molar-refractivity contribution in [2.45, 2.75) is 34.6 Å². The second kappa shape index (κ2) is 7.13. The predicted molar refractivity (Wildman–Crippen MR) is 62.6 cm³/mol. The molecule has 2 nitrogen and oxygen atoms in total. The quantitative estimate of drug-likeness (QED) is 0.622. The van der Waals surface area contributed by atoms with E-state index in [9.17, 15) is 0 Å². The number of hydrogen-bond acceptors (Lipinski definition) is 1. The molecule has 2 heterocycles. The molecule has 0 unspecified atom stereocenters. The first kappa shape index (κ1) is 12.7. The van der Waals surface area contributed by atoms with Crippen molar-refractivity contribution in [2.24, 2.45) is 0 Å². The molecule has 0 aliphatic carbocycles. The summed E-state index contributed by atoms with van der Waals surface area (Å²) in [6.07, 6.45) is 3.88. The second-order valence-electron chi connectivity index (χ2n) is 2.33. The summed E-state index contributed by atoms with van der Waals surface area (Å²) in [6, 6.07) is 5.98. The van der Waals surface area contributed by atoms with Crippen LogP contribution in [0.1, 0.15) is 33.4 Å². The highest BCUT2D eigenvalue weighted by Gasteiger charge is 1.93. The Morgan fingerprint density at radius 1 is 1.07 bits per heavy atom. The number of rotatable bonds is 0. The number of imidazole rings is 1. The van der Waals surface area contributed by atoms with E-state index < -0.39 is 0 Å². The molecule has 0 amide bonds. The van der Waals surface area contributed by atoms with Gasteiger partial charge in [-0.05, 0) is 19.1 Å². The Morgan fingerprint density at radius 3 is 2.29 bits per heavy atom. The van der Waals surface area contributed by atoms with E-state index in [4.69, 9.17) is 0 Å². The molecule has 0 saturated carbocycles. The first-order valence-electron chi connectivity index (χ1n) is 5.26. The van der Waals surface area contributed by atoms with Crippen LogP contribution < -0.4 is 0 Å². The average Bonchev–Trinajstić information content (AvgIpc) is 2.67. The molecule has 0 N–H and O–H groups in total. The highest BCUT2D eigenvalue weighted by Crippen LogP contribution is 2.02. The fraction of sp³-hybridized carbons (Fsp3) is 0.417. The van der Waals surface area contributed by atoms with Crippen LogP contribution in [0.4, 0.5) is 0 Å². The topological polar surface area (TPSA) is 17.3 Å². The van der Waals surface area contributed by atoms with Crippen molar-refractivity contribution in [2.75, 3.05) is 0 Å². The minimum Gasteiger partial charge on any atom is -0.304 e. The van der Waals surface area contributed by atoms with Crippen LogP contribution in [0.25, 0.3) is 5.65 Å². The van der Waals surface area contributed by atoms with Crippen LogP contribution in [-0.2, 0) is 0 Å². The molecule has 0 aliphatic rings. The third-order valence-electron chi connectivity index (χ3n) is 1.60. The molecule has 2 aromatic heterocycles. The second-order valence-corrected chi connectivity index (χ2v) is 2.33. The lowest BCUT2D eigenvalue weighted by atomic mass is 10.4. The minimum absolute atomic E-state index is 1.01. The molecular formula is C12H20N2. The summed E-state index contributed by atoms with van der Waals surface area (Å²) in [5.41, 5.74) is 2.19. The van der Waals surface area contributed by atoms with E-state index in [2.05, 4.69) is 9.38 Å². The molecule has 2 aromatic rings. The monoisotopic (exact) mass is 192 g/mol. The van der Waals surface area contributed by atoms with E-state index in [0.29, 0.717) is 0 Å². The standard InChI is InChI=1S/C8H8N2.2C2H6/c1-7-6-9-8-4-2-3-5-10(7)8;2*1-2/h2-6H,1H3;2*1-2H3. The van der Waals surface area contributed by atoms with Crippen molar-refractivity contribution < 1.29 is 0 Å². The Hall–Kier alpha value is -1.31. The molecular weight excluding hydrogens is 172 g/mol. The first-order chi connectivity index (χ1) is 6.88. The summed E-state index contributed by atoms with van der Waals surface area (Å²) in [7, 11) is 0. The summed E-state index contributed by atoms with van der Waals surface area (Å²) in [4.78, 5) is 4.18. The van der Waals surface area contributed by atoms with Crippen molar-refractivity contribution in [3.8, 4) is 0 Å².